The van der Waals surface area contributed by atoms with Gasteiger partial charge in [0.15, 0.2) is 5.78 Å². The minimum Gasteiger partial charge on any atom is -0.289 e. The highest BCUT2D eigenvalue weighted by atomic mass is 16.1. The van der Waals surface area contributed by atoms with E-state index in [4.69, 9.17) is 0 Å². The van der Waals surface area contributed by atoms with E-state index in [0.717, 1.165) is 21.6 Å². The summed E-state index contributed by atoms with van der Waals surface area (Å²) in [5.41, 5.74) is 1.89. The molecular weight excluding hydrogens is 172 g/mol. The molecule has 0 unspecified atom stereocenters. The summed E-state index contributed by atoms with van der Waals surface area (Å²) in [6, 6.07) is 7.98. The highest BCUT2D eigenvalue weighted by Crippen LogP contribution is 2.20. The third-order valence-electron chi connectivity index (χ3n) is 2.62. The molecule has 3 rings (SSSR count). The number of ketones is 1. The number of hydrogen-bond donors (Lipinski definition) is 0. The topological polar surface area (TPSA) is 17.1 Å². The molecule has 1 aromatic carbocycles. The van der Waals surface area contributed by atoms with Crippen LogP contribution in [-0.2, 0) is 4.79 Å². The molecule has 1 nitrogen and oxygen atoms in total. The minimum absolute atomic E-state index is 0.115. The van der Waals surface area contributed by atoms with E-state index in [-0.39, 0.29) is 5.78 Å². The smallest absolute Gasteiger partial charge is 0.187 e. The lowest BCUT2D eigenvalue weighted by Crippen LogP contribution is -2.32. The summed E-state index contributed by atoms with van der Waals surface area (Å²) in [6.07, 6.45) is 7.51. The first kappa shape index (κ1) is 7.51. The van der Waals surface area contributed by atoms with E-state index in [1.807, 2.05) is 36.4 Å². The summed E-state index contributed by atoms with van der Waals surface area (Å²) in [5, 5.41) is 2.18. The average molecular weight is 180 g/mol. The van der Waals surface area contributed by atoms with Crippen LogP contribution in [0.2, 0.25) is 0 Å². The predicted octanol–water partition coefficient (Wildman–Crippen LogP) is 0.697. The molecule has 0 aromatic heterocycles. The molecule has 0 aliphatic heterocycles. The van der Waals surface area contributed by atoms with Crippen LogP contribution in [0.15, 0.2) is 48.1 Å². The molecule has 0 bridgehead atoms. The van der Waals surface area contributed by atoms with Gasteiger partial charge in [-0.05, 0) is 22.1 Å². The quantitative estimate of drug-likeness (QED) is 0.574. The summed E-state index contributed by atoms with van der Waals surface area (Å²) in [6.45, 7) is 0. The molecule has 0 atom stereocenters. The summed E-state index contributed by atoms with van der Waals surface area (Å²) in [7, 11) is 0. The fraction of sp³-hybridized carbons (Fsp3) is 0. The SMILES string of the molecule is O=C1C=c2ccccc2=C2C=CC=C12. The van der Waals surface area contributed by atoms with E-state index in [1.165, 1.54) is 0 Å². The van der Waals surface area contributed by atoms with Crippen molar-refractivity contribution in [3.63, 3.8) is 0 Å². The Bertz CT molecular complexity index is 600. The summed E-state index contributed by atoms with van der Waals surface area (Å²) < 4.78 is 0. The normalized spacial score (nSPS) is 17.3. The fourth-order valence-electron chi connectivity index (χ4n) is 1.96. The van der Waals surface area contributed by atoms with Crippen LogP contribution >= 0.6 is 0 Å². The molecule has 0 N–H and O–H groups in total. The van der Waals surface area contributed by atoms with Gasteiger partial charge >= 0.3 is 0 Å². The van der Waals surface area contributed by atoms with Gasteiger partial charge in [-0.1, -0.05) is 42.5 Å². The van der Waals surface area contributed by atoms with E-state index in [2.05, 4.69) is 6.07 Å². The molecule has 2 aliphatic carbocycles. The lowest BCUT2D eigenvalue weighted by Gasteiger charge is -2.06. The Labute approximate surface area is 81.4 Å². The molecule has 1 aromatic rings. The highest BCUT2D eigenvalue weighted by Gasteiger charge is 2.17. The average Bonchev–Trinajstić information content (AvgIpc) is 2.67. The van der Waals surface area contributed by atoms with Crippen LogP contribution in [-0.4, -0.2) is 5.78 Å². The van der Waals surface area contributed by atoms with Crippen molar-refractivity contribution in [1.29, 1.82) is 0 Å². The lowest BCUT2D eigenvalue weighted by molar-refractivity contribution is -0.109. The van der Waals surface area contributed by atoms with Gasteiger partial charge in [-0.15, -0.1) is 0 Å². The fourth-order valence-corrected chi connectivity index (χ4v) is 1.96. The van der Waals surface area contributed by atoms with E-state index < -0.39 is 0 Å². The molecule has 0 fully saturated rings. The maximum Gasteiger partial charge on any atom is 0.187 e. The maximum absolute atomic E-state index is 11.7. The van der Waals surface area contributed by atoms with Gasteiger partial charge in [0.25, 0.3) is 0 Å². The van der Waals surface area contributed by atoms with Crippen molar-refractivity contribution in [3.05, 3.63) is 58.5 Å². The van der Waals surface area contributed by atoms with Gasteiger partial charge in [-0.25, -0.2) is 0 Å². The van der Waals surface area contributed by atoms with Crippen LogP contribution in [0.4, 0.5) is 0 Å². The Morgan fingerprint density at radius 3 is 2.86 bits per heavy atom. The molecule has 14 heavy (non-hydrogen) atoms. The Balaban J connectivity index is 2.57. The van der Waals surface area contributed by atoms with Gasteiger partial charge in [0.1, 0.15) is 0 Å². The van der Waals surface area contributed by atoms with Crippen molar-refractivity contribution in [2.45, 2.75) is 0 Å². The van der Waals surface area contributed by atoms with Crippen molar-refractivity contribution in [2.75, 3.05) is 0 Å². The second-order valence-corrected chi connectivity index (χ2v) is 3.45. The highest BCUT2D eigenvalue weighted by molar-refractivity contribution is 6.26. The number of hydrogen-bond acceptors (Lipinski definition) is 1. The zero-order valence-corrected chi connectivity index (χ0v) is 7.53. The van der Waals surface area contributed by atoms with Gasteiger partial charge in [0.05, 0.1) is 0 Å². The molecule has 66 valence electrons. The Morgan fingerprint density at radius 1 is 1.07 bits per heavy atom. The van der Waals surface area contributed by atoms with E-state index in [1.54, 1.807) is 6.08 Å². The van der Waals surface area contributed by atoms with E-state index in [0.29, 0.717) is 0 Å². The third kappa shape index (κ3) is 0.867. The van der Waals surface area contributed by atoms with E-state index >= 15 is 0 Å². The number of Topliss-reactive ketones (excluding diaryl/α,β-unsaturated/α-hetero) is 1. The molecule has 0 spiro atoms. The molecular formula is C13H8O. The van der Waals surface area contributed by atoms with Crippen LogP contribution in [0.1, 0.15) is 0 Å². The Morgan fingerprint density at radius 2 is 1.93 bits per heavy atom. The Kier molecular flexibility index (Phi) is 1.37. The molecule has 0 heterocycles. The zero-order chi connectivity index (χ0) is 9.54. The number of allylic oxidation sites excluding steroid dienone is 4. The van der Waals surface area contributed by atoms with Crippen LogP contribution in [0.3, 0.4) is 0 Å². The van der Waals surface area contributed by atoms with Crippen LogP contribution in [0.5, 0.6) is 0 Å². The molecule has 0 saturated carbocycles. The third-order valence-corrected chi connectivity index (χ3v) is 2.62. The molecule has 2 aliphatic rings. The van der Waals surface area contributed by atoms with Crippen molar-refractivity contribution in [1.82, 2.24) is 0 Å². The van der Waals surface area contributed by atoms with Crippen LogP contribution in [0, 0.1) is 0 Å². The number of carbonyl (C=O) groups is 1. The number of fused-ring (bicyclic) bond motifs is 2. The first-order chi connectivity index (χ1) is 6.86. The minimum atomic E-state index is 0.115. The standard InChI is InChI=1S/C13H8O/c14-13-8-9-4-1-2-5-10(9)11-6-3-7-12(11)13/h1-8H. The van der Waals surface area contributed by atoms with Gasteiger partial charge < -0.3 is 0 Å². The van der Waals surface area contributed by atoms with Crippen LogP contribution < -0.4 is 10.4 Å². The summed E-state index contributed by atoms with van der Waals surface area (Å²) in [4.78, 5) is 11.7. The predicted molar refractivity (Wildman–Crippen MR) is 55.8 cm³/mol. The summed E-state index contributed by atoms with van der Waals surface area (Å²) in [5.74, 6) is 0.115. The summed E-state index contributed by atoms with van der Waals surface area (Å²) >= 11 is 0. The lowest BCUT2D eigenvalue weighted by atomic mass is 9.96. The molecule has 0 radical (unpaired) electrons. The monoisotopic (exact) mass is 180 g/mol. The van der Waals surface area contributed by atoms with Gasteiger partial charge in [-0.3, -0.25) is 4.79 Å². The molecule has 0 amide bonds. The van der Waals surface area contributed by atoms with Crippen molar-refractivity contribution < 1.29 is 4.79 Å². The van der Waals surface area contributed by atoms with Crippen molar-refractivity contribution in [3.8, 4) is 0 Å². The van der Waals surface area contributed by atoms with Crippen molar-refractivity contribution >= 4 is 17.4 Å². The first-order valence-corrected chi connectivity index (χ1v) is 4.60. The Hall–Kier alpha value is -1.89. The molecule has 1 heteroatoms. The van der Waals surface area contributed by atoms with Gasteiger partial charge in [0, 0.05) is 5.57 Å². The molecule has 0 saturated heterocycles. The second kappa shape index (κ2) is 2.55. The number of benzene rings is 1. The second-order valence-electron chi connectivity index (χ2n) is 3.45. The van der Waals surface area contributed by atoms with Gasteiger partial charge in [-0.2, -0.15) is 0 Å². The van der Waals surface area contributed by atoms with Crippen molar-refractivity contribution in [2.24, 2.45) is 0 Å². The van der Waals surface area contributed by atoms with E-state index in [9.17, 15) is 4.79 Å². The maximum atomic E-state index is 11.7. The number of carbonyl (C=O) groups excluding carboxylic acids is 1. The number of rotatable bonds is 0. The zero-order valence-electron chi connectivity index (χ0n) is 7.53. The van der Waals surface area contributed by atoms with Gasteiger partial charge in [0.2, 0.25) is 0 Å². The largest absolute Gasteiger partial charge is 0.289 e. The van der Waals surface area contributed by atoms with Crippen LogP contribution in [0.25, 0.3) is 11.6 Å². The first-order valence-electron chi connectivity index (χ1n) is 4.60.